The van der Waals surface area contributed by atoms with Crippen LogP contribution in [0.5, 0.6) is 0 Å². The van der Waals surface area contributed by atoms with Crippen LogP contribution < -0.4 is 5.73 Å². The zero-order valence-electron chi connectivity index (χ0n) is 6.68. The summed E-state index contributed by atoms with van der Waals surface area (Å²) in [4.78, 5) is 3.60. The molecule has 1 rings (SSSR count). The molecule has 0 radical (unpaired) electrons. The predicted octanol–water partition coefficient (Wildman–Crippen LogP) is 0.302. The van der Waals surface area contributed by atoms with E-state index in [9.17, 15) is 8.42 Å². The molecule has 1 aromatic rings. The molecule has 0 bridgehead atoms. The zero-order chi connectivity index (χ0) is 9.35. The first-order valence-corrected chi connectivity index (χ1v) is 5.59. The molecule has 0 atom stereocenters. The van der Waals surface area contributed by atoms with E-state index in [-0.39, 0.29) is 10.3 Å². The Hall–Kier alpha value is -0.690. The molecule has 68 valence electrons. The normalized spacial score (nSPS) is 12.2. The summed E-state index contributed by atoms with van der Waals surface area (Å²) in [6.07, 6.45) is 0. The highest BCUT2D eigenvalue weighted by atomic mass is 32.2. The summed E-state index contributed by atoms with van der Waals surface area (Å²) in [6.45, 7) is 3.15. The molecule has 5 nitrogen and oxygen atoms in total. The molecule has 0 aliphatic carbocycles. The van der Waals surface area contributed by atoms with Crippen molar-refractivity contribution in [2.45, 2.75) is 24.3 Å². The standard InChI is InChI=1S/C5H9N3O2S2/c1-3(2)12(9,10)5-7-4(6)11-8-5/h3H,1-2H3,(H2,6,7,8). The first-order valence-electron chi connectivity index (χ1n) is 3.27. The highest BCUT2D eigenvalue weighted by Gasteiger charge is 2.23. The van der Waals surface area contributed by atoms with Crippen LogP contribution in [-0.4, -0.2) is 23.0 Å². The Balaban J connectivity index is 3.15. The maximum atomic E-state index is 11.4. The van der Waals surface area contributed by atoms with Crippen molar-refractivity contribution in [1.82, 2.24) is 9.36 Å². The van der Waals surface area contributed by atoms with Crippen LogP contribution >= 0.6 is 11.5 Å². The molecule has 0 saturated heterocycles. The highest BCUT2D eigenvalue weighted by molar-refractivity contribution is 7.91. The molecular formula is C5H9N3O2S2. The minimum atomic E-state index is -3.35. The second kappa shape index (κ2) is 2.98. The van der Waals surface area contributed by atoms with Crippen molar-refractivity contribution in [3.05, 3.63) is 0 Å². The molecule has 0 amide bonds. The Morgan fingerprint density at radius 1 is 1.50 bits per heavy atom. The third kappa shape index (κ3) is 1.56. The van der Waals surface area contributed by atoms with Crippen LogP contribution in [0.3, 0.4) is 0 Å². The minimum Gasteiger partial charge on any atom is -0.374 e. The van der Waals surface area contributed by atoms with Gasteiger partial charge in [0.25, 0.3) is 5.16 Å². The van der Waals surface area contributed by atoms with Gasteiger partial charge in [0.05, 0.1) is 5.25 Å². The average molecular weight is 207 g/mol. The van der Waals surface area contributed by atoms with E-state index in [1.54, 1.807) is 13.8 Å². The van der Waals surface area contributed by atoms with E-state index in [0.29, 0.717) is 0 Å². The summed E-state index contributed by atoms with van der Waals surface area (Å²) < 4.78 is 26.4. The van der Waals surface area contributed by atoms with Crippen molar-refractivity contribution in [3.63, 3.8) is 0 Å². The Morgan fingerprint density at radius 2 is 2.08 bits per heavy atom. The van der Waals surface area contributed by atoms with Gasteiger partial charge in [0.2, 0.25) is 15.0 Å². The maximum Gasteiger partial charge on any atom is 0.260 e. The number of nitrogens with two attached hydrogens (primary N) is 1. The minimum absolute atomic E-state index is 0.167. The molecule has 12 heavy (non-hydrogen) atoms. The maximum absolute atomic E-state index is 11.4. The van der Waals surface area contributed by atoms with Gasteiger partial charge in [-0.3, -0.25) is 0 Å². The monoisotopic (exact) mass is 207 g/mol. The predicted molar refractivity (Wildman–Crippen MR) is 46.6 cm³/mol. The molecule has 1 heterocycles. The zero-order valence-corrected chi connectivity index (χ0v) is 8.32. The van der Waals surface area contributed by atoms with Crippen molar-refractivity contribution < 1.29 is 8.42 Å². The fourth-order valence-electron chi connectivity index (χ4n) is 0.547. The first-order chi connectivity index (χ1) is 5.44. The van der Waals surface area contributed by atoms with E-state index in [2.05, 4.69) is 9.36 Å². The summed E-state index contributed by atoms with van der Waals surface area (Å²) in [7, 11) is -3.35. The fraction of sp³-hybridized carbons (Fsp3) is 0.600. The first kappa shape index (κ1) is 9.40. The lowest BCUT2D eigenvalue weighted by atomic mass is 10.6. The lowest BCUT2D eigenvalue weighted by molar-refractivity contribution is 0.580. The Kier molecular flexibility index (Phi) is 2.34. The van der Waals surface area contributed by atoms with E-state index < -0.39 is 15.1 Å². The smallest absolute Gasteiger partial charge is 0.260 e. The van der Waals surface area contributed by atoms with Gasteiger partial charge in [0.1, 0.15) is 0 Å². The Morgan fingerprint density at radius 3 is 2.42 bits per heavy atom. The molecule has 7 heteroatoms. The van der Waals surface area contributed by atoms with Crippen molar-refractivity contribution in [2.75, 3.05) is 5.73 Å². The van der Waals surface area contributed by atoms with Gasteiger partial charge in [-0.15, -0.1) is 0 Å². The molecular weight excluding hydrogens is 198 g/mol. The van der Waals surface area contributed by atoms with Gasteiger partial charge in [0, 0.05) is 11.5 Å². The number of nitrogens with zero attached hydrogens (tertiary/aromatic N) is 2. The van der Waals surface area contributed by atoms with Crippen molar-refractivity contribution >= 4 is 26.5 Å². The number of sulfone groups is 1. The summed E-state index contributed by atoms with van der Waals surface area (Å²) in [5.74, 6) is 0. The number of nitrogen functional groups attached to an aromatic ring is 1. The third-order valence-electron chi connectivity index (χ3n) is 1.30. The molecule has 2 N–H and O–H groups in total. The van der Waals surface area contributed by atoms with Gasteiger partial charge in [-0.2, -0.15) is 9.36 Å². The van der Waals surface area contributed by atoms with Gasteiger partial charge in [0.15, 0.2) is 0 Å². The molecule has 0 aliphatic heterocycles. The van der Waals surface area contributed by atoms with Crippen LogP contribution in [-0.2, 0) is 9.84 Å². The third-order valence-corrected chi connectivity index (χ3v) is 3.89. The molecule has 0 saturated carbocycles. The SMILES string of the molecule is CC(C)S(=O)(=O)c1nsc(N)n1. The van der Waals surface area contributed by atoms with Gasteiger partial charge < -0.3 is 5.73 Å². The second-order valence-corrected chi connectivity index (χ2v) is 5.69. The molecule has 1 aromatic heterocycles. The summed E-state index contributed by atoms with van der Waals surface area (Å²) in [5.41, 5.74) is 5.26. The van der Waals surface area contributed by atoms with Crippen molar-refractivity contribution in [3.8, 4) is 0 Å². The number of hydrogen-bond acceptors (Lipinski definition) is 6. The van der Waals surface area contributed by atoms with E-state index >= 15 is 0 Å². The van der Waals surface area contributed by atoms with Crippen LogP contribution in [0, 0.1) is 0 Å². The topological polar surface area (TPSA) is 85.9 Å². The van der Waals surface area contributed by atoms with Gasteiger partial charge >= 0.3 is 0 Å². The van der Waals surface area contributed by atoms with Gasteiger partial charge in [-0.25, -0.2) is 8.42 Å². The van der Waals surface area contributed by atoms with E-state index in [4.69, 9.17) is 5.73 Å². The second-order valence-electron chi connectivity index (χ2n) is 2.51. The van der Waals surface area contributed by atoms with Crippen molar-refractivity contribution in [1.29, 1.82) is 0 Å². The molecule has 0 fully saturated rings. The van der Waals surface area contributed by atoms with Gasteiger partial charge in [-0.1, -0.05) is 0 Å². The molecule has 0 aliphatic rings. The van der Waals surface area contributed by atoms with Gasteiger partial charge in [-0.05, 0) is 13.8 Å². The molecule has 0 unspecified atom stereocenters. The number of aromatic nitrogens is 2. The summed E-state index contributed by atoms with van der Waals surface area (Å²) in [6, 6.07) is 0. The fourth-order valence-corrected chi connectivity index (χ4v) is 2.12. The Labute approximate surface area is 74.7 Å². The molecule has 0 aromatic carbocycles. The largest absolute Gasteiger partial charge is 0.374 e. The lowest BCUT2D eigenvalue weighted by Crippen LogP contribution is -2.15. The van der Waals surface area contributed by atoms with Crippen LogP contribution in [0.15, 0.2) is 5.16 Å². The van der Waals surface area contributed by atoms with Crippen molar-refractivity contribution in [2.24, 2.45) is 0 Å². The van der Waals surface area contributed by atoms with Crippen LogP contribution in [0.1, 0.15) is 13.8 Å². The average Bonchev–Trinajstić information content (AvgIpc) is 2.35. The Bertz CT molecular complexity index is 368. The van der Waals surface area contributed by atoms with Crippen LogP contribution in [0.4, 0.5) is 5.13 Å². The molecule has 0 spiro atoms. The lowest BCUT2D eigenvalue weighted by Gasteiger charge is -2.00. The van der Waals surface area contributed by atoms with Crippen LogP contribution in [0.2, 0.25) is 0 Å². The summed E-state index contributed by atoms with van der Waals surface area (Å²) in [5, 5.41) is -0.499. The van der Waals surface area contributed by atoms with Crippen LogP contribution in [0.25, 0.3) is 0 Å². The number of rotatable bonds is 2. The number of hydrogen-bond donors (Lipinski definition) is 1. The van der Waals surface area contributed by atoms with E-state index in [0.717, 1.165) is 11.5 Å². The quantitative estimate of drug-likeness (QED) is 0.754. The highest BCUT2D eigenvalue weighted by Crippen LogP contribution is 2.15. The summed E-state index contributed by atoms with van der Waals surface area (Å²) >= 11 is 0.886. The van der Waals surface area contributed by atoms with E-state index in [1.165, 1.54) is 0 Å². The number of anilines is 1. The van der Waals surface area contributed by atoms with E-state index in [1.807, 2.05) is 0 Å².